The standard InChI is InChI=1S/C13H12F3N3O3/c14-13(15,16)12-18-10(8-3-1-2-4-19(8)12)11(21)17-7-5-22-6-9(7)20/h1-4,7,9,20H,5-6H2,(H,17,21)/t7-,9+/m0/s1. The molecule has 22 heavy (non-hydrogen) atoms. The van der Waals surface area contributed by atoms with Gasteiger partial charge in [0.15, 0.2) is 5.69 Å². The monoisotopic (exact) mass is 315 g/mol. The molecule has 0 radical (unpaired) electrons. The number of alkyl halides is 3. The highest BCUT2D eigenvalue weighted by molar-refractivity contribution is 5.99. The van der Waals surface area contributed by atoms with Gasteiger partial charge in [0.2, 0.25) is 5.82 Å². The minimum absolute atomic E-state index is 0.0423. The van der Waals surface area contributed by atoms with Crippen molar-refractivity contribution >= 4 is 11.4 Å². The highest BCUT2D eigenvalue weighted by atomic mass is 19.4. The average Bonchev–Trinajstić information content (AvgIpc) is 3.02. The summed E-state index contributed by atoms with van der Waals surface area (Å²) in [6.45, 7) is 0.174. The fraction of sp³-hybridized carbons (Fsp3) is 0.385. The second-order valence-corrected chi connectivity index (χ2v) is 4.92. The number of rotatable bonds is 2. The van der Waals surface area contributed by atoms with Crippen LogP contribution in [0.2, 0.25) is 0 Å². The van der Waals surface area contributed by atoms with Crippen molar-refractivity contribution in [1.82, 2.24) is 14.7 Å². The number of hydrogen-bond donors (Lipinski definition) is 2. The van der Waals surface area contributed by atoms with E-state index in [2.05, 4.69) is 10.3 Å². The van der Waals surface area contributed by atoms with E-state index in [1.165, 1.54) is 24.4 Å². The van der Waals surface area contributed by atoms with E-state index < -0.39 is 30.1 Å². The summed E-state index contributed by atoms with van der Waals surface area (Å²) in [5.41, 5.74) is -0.298. The van der Waals surface area contributed by atoms with Crippen LogP contribution in [0.15, 0.2) is 24.4 Å². The summed E-state index contributed by atoms with van der Waals surface area (Å²) in [7, 11) is 0. The maximum Gasteiger partial charge on any atom is 0.450 e. The van der Waals surface area contributed by atoms with Gasteiger partial charge in [-0.05, 0) is 12.1 Å². The third-order valence-electron chi connectivity index (χ3n) is 3.38. The molecule has 0 spiro atoms. The van der Waals surface area contributed by atoms with Gasteiger partial charge in [0.25, 0.3) is 5.91 Å². The lowest BCUT2D eigenvalue weighted by molar-refractivity contribution is -0.145. The molecule has 2 atom stereocenters. The third-order valence-corrected chi connectivity index (χ3v) is 3.38. The molecule has 6 nitrogen and oxygen atoms in total. The van der Waals surface area contributed by atoms with Crippen LogP contribution in [0.1, 0.15) is 16.3 Å². The first-order chi connectivity index (χ1) is 10.4. The predicted molar refractivity (Wildman–Crippen MR) is 68.3 cm³/mol. The highest BCUT2D eigenvalue weighted by Gasteiger charge is 2.38. The van der Waals surface area contributed by atoms with Crippen LogP contribution in [-0.2, 0) is 10.9 Å². The molecule has 1 saturated heterocycles. The number of aliphatic hydroxyl groups is 1. The van der Waals surface area contributed by atoms with Crippen LogP contribution in [0.5, 0.6) is 0 Å². The highest BCUT2D eigenvalue weighted by Crippen LogP contribution is 2.30. The quantitative estimate of drug-likeness (QED) is 0.861. The molecule has 9 heteroatoms. The largest absolute Gasteiger partial charge is 0.450 e. The van der Waals surface area contributed by atoms with Crippen LogP contribution in [0.25, 0.3) is 5.52 Å². The Balaban J connectivity index is 1.98. The minimum atomic E-state index is -4.68. The van der Waals surface area contributed by atoms with Crippen molar-refractivity contribution in [1.29, 1.82) is 0 Å². The number of nitrogens with one attached hydrogen (secondary N) is 1. The zero-order valence-electron chi connectivity index (χ0n) is 11.2. The smallest absolute Gasteiger partial charge is 0.388 e. The van der Waals surface area contributed by atoms with E-state index in [4.69, 9.17) is 4.74 Å². The van der Waals surface area contributed by atoms with Crippen LogP contribution in [0.3, 0.4) is 0 Å². The normalized spacial score (nSPS) is 22.2. The Morgan fingerprint density at radius 3 is 2.82 bits per heavy atom. The molecule has 0 bridgehead atoms. The van der Waals surface area contributed by atoms with Crippen molar-refractivity contribution in [3.05, 3.63) is 35.9 Å². The minimum Gasteiger partial charge on any atom is -0.388 e. The maximum absolute atomic E-state index is 13.0. The Labute approximate surface area is 122 Å². The van der Waals surface area contributed by atoms with Crippen molar-refractivity contribution in [2.45, 2.75) is 18.3 Å². The lowest BCUT2D eigenvalue weighted by Crippen LogP contribution is -2.42. The molecule has 118 valence electrons. The Morgan fingerprint density at radius 1 is 1.41 bits per heavy atom. The number of nitrogens with zero attached hydrogens (tertiary/aromatic N) is 2. The van der Waals surface area contributed by atoms with Crippen molar-refractivity contribution in [3.8, 4) is 0 Å². The molecule has 0 unspecified atom stereocenters. The van der Waals surface area contributed by atoms with E-state index in [1.807, 2.05) is 0 Å². The predicted octanol–water partition coefficient (Wildman–Crippen LogP) is 0.843. The molecule has 1 aliphatic heterocycles. The lowest BCUT2D eigenvalue weighted by Gasteiger charge is -2.13. The molecule has 1 fully saturated rings. The zero-order chi connectivity index (χ0) is 15.9. The first-order valence-electron chi connectivity index (χ1n) is 6.49. The van der Waals surface area contributed by atoms with Crippen LogP contribution >= 0.6 is 0 Å². The van der Waals surface area contributed by atoms with Crippen LogP contribution in [-0.4, -0.2) is 45.8 Å². The van der Waals surface area contributed by atoms with Gasteiger partial charge in [-0.15, -0.1) is 0 Å². The number of aromatic nitrogens is 2. The topological polar surface area (TPSA) is 75.9 Å². The molecule has 2 aromatic rings. The summed E-state index contributed by atoms with van der Waals surface area (Å²) in [5, 5.41) is 12.0. The van der Waals surface area contributed by atoms with Crippen molar-refractivity contribution in [3.63, 3.8) is 0 Å². The molecular formula is C13H12F3N3O3. The first kappa shape index (κ1) is 14.8. The van der Waals surface area contributed by atoms with Gasteiger partial charge >= 0.3 is 6.18 Å². The van der Waals surface area contributed by atoms with Crippen LogP contribution < -0.4 is 5.32 Å². The van der Waals surface area contributed by atoms with E-state index in [1.54, 1.807) is 0 Å². The van der Waals surface area contributed by atoms with Gasteiger partial charge in [0, 0.05) is 6.20 Å². The third kappa shape index (κ3) is 2.53. The van der Waals surface area contributed by atoms with Crippen LogP contribution in [0, 0.1) is 0 Å². The summed E-state index contributed by atoms with van der Waals surface area (Å²) >= 11 is 0. The first-order valence-corrected chi connectivity index (χ1v) is 6.49. The SMILES string of the molecule is O=C(N[C@H]1COC[C@H]1O)c1nc(C(F)(F)F)n2ccccc12. The van der Waals surface area contributed by atoms with Crippen LogP contribution in [0.4, 0.5) is 13.2 Å². The van der Waals surface area contributed by atoms with Gasteiger partial charge in [-0.1, -0.05) is 6.07 Å². The Morgan fingerprint density at radius 2 is 2.18 bits per heavy atom. The summed E-state index contributed by atoms with van der Waals surface area (Å²) < 4.78 is 44.8. The fourth-order valence-electron chi connectivity index (χ4n) is 2.32. The van der Waals surface area contributed by atoms with E-state index in [9.17, 15) is 23.1 Å². The molecular weight excluding hydrogens is 303 g/mol. The summed E-state index contributed by atoms with van der Waals surface area (Å²) in [6, 6.07) is 3.64. The number of imidazole rings is 1. The van der Waals surface area contributed by atoms with Gasteiger partial charge < -0.3 is 15.2 Å². The number of fused-ring (bicyclic) bond motifs is 1. The maximum atomic E-state index is 13.0. The molecule has 3 rings (SSSR count). The summed E-state index contributed by atoms with van der Waals surface area (Å²) in [4.78, 5) is 15.6. The Bertz CT molecular complexity index is 713. The molecule has 1 amide bonds. The van der Waals surface area contributed by atoms with E-state index >= 15 is 0 Å². The number of aliphatic hydroxyl groups excluding tert-OH is 1. The molecule has 0 aliphatic carbocycles. The van der Waals surface area contributed by atoms with Crippen molar-refractivity contribution in [2.75, 3.05) is 13.2 Å². The van der Waals surface area contributed by atoms with Crippen molar-refractivity contribution < 1.29 is 27.8 Å². The zero-order valence-corrected chi connectivity index (χ0v) is 11.2. The number of hydrogen-bond acceptors (Lipinski definition) is 4. The fourth-order valence-corrected chi connectivity index (χ4v) is 2.32. The van der Waals surface area contributed by atoms with Gasteiger partial charge in [-0.2, -0.15) is 13.2 Å². The molecule has 2 N–H and O–H groups in total. The average molecular weight is 315 g/mol. The van der Waals surface area contributed by atoms with E-state index in [0.717, 1.165) is 4.40 Å². The number of pyridine rings is 1. The molecule has 3 heterocycles. The van der Waals surface area contributed by atoms with E-state index in [0.29, 0.717) is 0 Å². The summed E-state index contributed by atoms with van der Waals surface area (Å²) in [5.74, 6) is -1.95. The number of halogens is 3. The van der Waals surface area contributed by atoms with Gasteiger partial charge in [-0.3, -0.25) is 9.20 Å². The number of ether oxygens (including phenoxy) is 1. The molecule has 0 saturated carbocycles. The number of amides is 1. The van der Waals surface area contributed by atoms with Gasteiger partial charge in [-0.25, -0.2) is 4.98 Å². The molecule has 0 aromatic carbocycles. The lowest BCUT2D eigenvalue weighted by atomic mass is 10.2. The Hall–Kier alpha value is -2.13. The Kier molecular flexibility index (Phi) is 3.53. The molecule has 2 aromatic heterocycles. The second kappa shape index (κ2) is 5.25. The van der Waals surface area contributed by atoms with Crippen molar-refractivity contribution in [2.24, 2.45) is 0 Å². The summed E-state index contributed by atoms with van der Waals surface area (Å²) in [6.07, 6.45) is -4.38. The van der Waals surface area contributed by atoms with E-state index in [-0.39, 0.29) is 24.4 Å². The number of carbonyl (C=O) groups excluding carboxylic acids is 1. The molecule has 1 aliphatic rings. The number of carbonyl (C=O) groups is 1. The van der Waals surface area contributed by atoms with Gasteiger partial charge in [0.05, 0.1) is 30.9 Å². The van der Waals surface area contributed by atoms with Gasteiger partial charge in [0.1, 0.15) is 0 Å². The second-order valence-electron chi connectivity index (χ2n) is 4.92.